The zero-order chi connectivity index (χ0) is 18.7. The summed E-state index contributed by atoms with van der Waals surface area (Å²) in [4.78, 5) is 0. The smallest absolute Gasteiger partial charge is 0.205 e. The highest BCUT2D eigenvalue weighted by molar-refractivity contribution is 5.60. The Morgan fingerprint density at radius 3 is 2.73 bits per heavy atom. The monoisotopic (exact) mass is 349 g/mol. The van der Waals surface area contributed by atoms with Crippen LogP contribution in [0.4, 0.5) is 5.69 Å². The number of fused-ring (bicyclic) bond motifs is 1. The van der Waals surface area contributed by atoms with Crippen molar-refractivity contribution in [1.82, 2.24) is 0 Å². The van der Waals surface area contributed by atoms with Crippen LogP contribution in [0.5, 0.6) is 17.2 Å². The van der Waals surface area contributed by atoms with E-state index in [4.69, 9.17) is 25.7 Å². The predicted octanol–water partition coefficient (Wildman–Crippen LogP) is 3.06. The van der Waals surface area contributed by atoms with E-state index >= 15 is 0 Å². The van der Waals surface area contributed by atoms with Crippen molar-refractivity contribution >= 4 is 5.69 Å². The molecule has 0 saturated carbocycles. The number of nitrogens with zero attached hydrogens (tertiary/aromatic N) is 1. The van der Waals surface area contributed by atoms with Crippen LogP contribution in [0.25, 0.3) is 0 Å². The molecule has 0 aliphatic carbocycles. The number of methoxy groups -OCH3 is 1. The first-order chi connectivity index (χ1) is 12.6. The number of hydrogen-bond donors (Lipinski definition) is 2. The van der Waals surface area contributed by atoms with E-state index in [-0.39, 0.29) is 11.8 Å². The Labute approximate surface area is 151 Å². The Kier molecular flexibility index (Phi) is 4.72. The van der Waals surface area contributed by atoms with E-state index in [1.807, 2.05) is 18.2 Å². The number of nitriles is 1. The Morgan fingerprint density at radius 2 is 2.04 bits per heavy atom. The number of rotatable bonds is 5. The molecule has 0 bridgehead atoms. The molecule has 4 N–H and O–H groups in total. The zero-order valence-corrected chi connectivity index (χ0v) is 14.4. The maximum absolute atomic E-state index is 9.61. The summed E-state index contributed by atoms with van der Waals surface area (Å²) < 4.78 is 16.6. The third-order valence-corrected chi connectivity index (χ3v) is 4.12. The summed E-state index contributed by atoms with van der Waals surface area (Å²) in [6.45, 7) is 4.00. The molecule has 2 aromatic carbocycles. The van der Waals surface area contributed by atoms with Gasteiger partial charge in [-0.1, -0.05) is 24.8 Å². The molecule has 2 aromatic rings. The van der Waals surface area contributed by atoms with Gasteiger partial charge < -0.3 is 25.7 Å². The summed E-state index contributed by atoms with van der Waals surface area (Å²) in [5.74, 6) is 1.38. The van der Waals surface area contributed by atoms with Crippen molar-refractivity contribution in [2.45, 2.75) is 5.92 Å². The lowest BCUT2D eigenvalue weighted by atomic mass is 9.83. The van der Waals surface area contributed by atoms with E-state index in [2.05, 4.69) is 12.6 Å². The van der Waals surface area contributed by atoms with Crippen LogP contribution in [0.15, 0.2) is 60.5 Å². The molecule has 0 fully saturated rings. The van der Waals surface area contributed by atoms with E-state index in [0.29, 0.717) is 35.1 Å². The lowest BCUT2D eigenvalue weighted by molar-refractivity contribution is 0.326. The lowest BCUT2D eigenvalue weighted by Crippen LogP contribution is -2.21. The van der Waals surface area contributed by atoms with Gasteiger partial charge in [-0.2, -0.15) is 5.26 Å². The van der Waals surface area contributed by atoms with Crippen LogP contribution in [0.2, 0.25) is 0 Å². The fourth-order valence-corrected chi connectivity index (χ4v) is 2.95. The second-order valence-corrected chi connectivity index (χ2v) is 5.73. The van der Waals surface area contributed by atoms with E-state index in [1.54, 1.807) is 31.4 Å². The van der Waals surface area contributed by atoms with Gasteiger partial charge in [-0.15, -0.1) is 0 Å². The fraction of sp³-hybridized carbons (Fsp3) is 0.150. The average molecular weight is 349 g/mol. The molecule has 1 atom stereocenters. The van der Waals surface area contributed by atoms with Crippen LogP contribution in [-0.2, 0) is 0 Å². The number of nitrogen functional groups attached to an aromatic ring is 1. The minimum atomic E-state index is -0.383. The first-order valence-electron chi connectivity index (χ1n) is 7.97. The second kappa shape index (κ2) is 7.11. The van der Waals surface area contributed by atoms with E-state index < -0.39 is 0 Å². The highest BCUT2D eigenvalue weighted by atomic mass is 16.5. The Hall–Kier alpha value is -3.59. The number of nitrogens with two attached hydrogens (primary N) is 2. The van der Waals surface area contributed by atoms with Gasteiger partial charge in [0, 0.05) is 17.3 Å². The molecule has 1 aliphatic heterocycles. The minimum Gasteiger partial charge on any atom is -0.493 e. The standard InChI is InChI=1S/C20H19N3O3/c1-3-8-25-16-7-4-12(9-18(16)24-2)19-14-6-5-13(22)10-17(14)26-20(23)15(19)11-21/h3-7,9-10,19H,1,8,22-23H2,2H3/t19-/m1/s1. The van der Waals surface area contributed by atoms with E-state index in [0.717, 1.165) is 11.1 Å². The summed E-state index contributed by atoms with van der Waals surface area (Å²) in [6.07, 6.45) is 1.66. The Balaban J connectivity index is 2.12. The summed E-state index contributed by atoms with van der Waals surface area (Å²) in [5, 5.41) is 9.61. The van der Waals surface area contributed by atoms with Crippen molar-refractivity contribution in [2.24, 2.45) is 5.73 Å². The maximum atomic E-state index is 9.61. The molecule has 132 valence electrons. The summed E-state index contributed by atoms with van der Waals surface area (Å²) in [6, 6.07) is 13.0. The average Bonchev–Trinajstić information content (AvgIpc) is 2.65. The van der Waals surface area contributed by atoms with Crippen molar-refractivity contribution in [3.05, 3.63) is 71.6 Å². The van der Waals surface area contributed by atoms with Crippen LogP contribution >= 0.6 is 0 Å². The Morgan fingerprint density at radius 1 is 1.23 bits per heavy atom. The minimum absolute atomic E-state index is 0.0709. The van der Waals surface area contributed by atoms with E-state index in [9.17, 15) is 5.26 Å². The van der Waals surface area contributed by atoms with Gasteiger partial charge in [-0.25, -0.2) is 0 Å². The van der Waals surface area contributed by atoms with Gasteiger partial charge in [0.1, 0.15) is 24.0 Å². The van der Waals surface area contributed by atoms with Gasteiger partial charge in [-0.05, 0) is 23.8 Å². The summed E-state index contributed by atoms with van der Waals surface area (Å²) in [7, 11) is 1.56. The topological polar surface area (TPSA) is 104 Å². The normalized spacial score (nSPS) is 15.5. The van der Waals surface area contributed by atoms with Crippen molar-refractivity contribution in [3.8, 4) is 23.3 Å². The van der Waals surface area contributed by atoms with Crippen molar-refractivity contribution in [3.63, 3.8) is 0 Å². The lowest BCUT2D eigenvalue weighted by Gasteiger charge is -2.27. The molecular formula is C20H19N3O3. The third kappa shape index (κ3) is 3.03. The molecule has 3 rings (SSSR count). The highest BCUT2D eigenvalue weighted by Gasteiger charge is 2.31. The van der Waals surface area contributed by atoms with Gasteiger partial charge in [-0.3, -0.25) is 0 Å². The Bertz CT molecular complexity index is 928. The largest absolute Gasteiger partial charge is 0.493 e. The van der Waals surface area contributed by atoms with Crippen LogP contribution in [0.3, 0.4) is 0 Å². The fourth-order valence-electron chi connectivity index (χ4n) is 2.95. The van der Waals surface area contributed by atoms with Gasteiger partial charge in [0.25, 0.3) is 0 Å². The highest BCUT2D eigenvalue weighted by Crippen LogP contribution is 2.44. The number of benzene rings is 2. The predicted molar refractivity (Wildman–Crippen MR) is 98.8 cm³/mol. The van der Waals surface area contributed by atoms with Crippen molar-refractivity contribution < 1.29 is 14.2 Å². The molecule has 26 heavy (non-hydrogen) atoms. The number of allylic oxidation sites excluding steroid dienone is 1. The molecule has 0 spiro atoms. The number of hydrogen-bond acceptors (Lipinski definition) is 6. The SMILES string of the molecule is C=CCOc1ccc([C@H]2C(C#N)=C(N)Oc3cc(N)ccc32)cc1OC. The molecular weight excluding hydrogens is 330 g/mol. The molecule has 0 radical (unpaired) electrons. The summed E-state index contributed by atoms with van der Waals surface area (Å²) >= 11 is 0. The molecule has 6 nitrogen and oxygen atoms in total. The first-order valence-corrected chi connectivity index (χ1v) is 7.97. The molecule has 0 aromatic heterocycles. The first kappa shape index (κ1) is 17.2. The molecule has 1 heterocycles. The maximum Gasteiger partial charge on any atom is 0.205 e. The third-order valence-electron chi connectivity index (χ3n) is 4.12. The molecule has 0 amide bonds. The van der Waals surface area contributed by atoms with Crippen LogP contribution in [-0.4, -0.2) is 13.7 Å². The second-order valence-electron chi connectivity index (χ2n) is 5.73. The van der Waals surface area contributed by atoms with Crippen molar-refractivity contribution in [2.75, 3.05) is 19.5 Å². The van der Waals surface area contributed by atoms with E-state index in [1.165, 1.54) is 0 Å². The summed E-state index contributed by atoms with van der Waals surface area (Å²) in [5.41, 5.74) is 14.4. The molecule has 6 heteroatoms. The zero-order valence-electron chi connectivity index (χ0n) is 14.4. The van der Waals surface area contributed by atoms with Gasteiger partial charge in [0.05, 0.1) is 13.0 Å². The van der Waals surface area contributed by atoms with Gasteiger partial charge >= 0.3 is 0 Å². The molecule has 1 aliphatic rings. The molecule has 0 unspecified atom stereocenters. The van der Waals surface area contributed by atoms with Crippen LogP contribution in [0, 0.1) is 11.3 Å². The van der Waals surface area contributed by atoms with Crippen LogP contribution < -0.4 is 25.7 Å². The molecule has 0 saturated heterocycles. The quantitative estimate of drug-likeness (QED) is 0.635. The number of anilines is 1. The van der Waals surface area contributed by atoms with Gasteiger partial charge in [0.2, 0.25) is 5.88 Å². The van der Waals surface area contributed by atoms with Gasteiger partial charge in [0.15, 0.2) is 11.5 Å². The van der Waals surface area contributed by atoms with Crippen LogP contribution in [0.1, 0.15) is 17.0 Å². The number of ether oxygens (including phenoxy) is 3. The van der Waals surface area contributed by atoms with Crippen molar-refractivity contribution in [1.29, 1.82) is 5.26 Å².